The third-order valence-electron chi connectivity index (χ3n) is 3.15. The van der Waals surface area contributed by atoms with Crippen LogP contribution in [0.1, 0.15) is 18.9 Å². The molecule has 2 rings (SSSR count). The molecular weight excluding hydrogens is 315 g/mol. The van der Waals surface area contributed by atoms with Crippen molar-refractivity contribution in [1.29, 1.82) is 0 Å². The molecule has 0 aliphatic carbocycles. The Morgan fingerprint density at radius 1 is 1.58 bits per heavy atom. The Morgan fingerprint density at radius 2 is 2.37 bits per heavy atom. The highest BCUT2D eigenvalue weighted by Gasteiger charge is 2.25. The van der Waals surface area contributed by atoms with Crippen molar-refractivity contribution >= 4 is 22.0 Å². The first-order valence-corrected chi connectivity index (χ1v) is 6.95. The molecule has 6 heteroatoms. The van der Waals surface area contributed by atoms with Crippen molar-refractivity contribution < 1.29 is 13.9 Å². The number of hydrogen-bond donors (Lipinski definition) is 2. The lowest BCUT2D eigenvalue weighted by Gasteiger charge is -2.16. The second-order valence-corrected chi connectivity index (χ2v) is 5.45. The van der Waals surface area contributed by atoms with Crippen LogP contribution in [0.25, 0.3) is 0 Å². The van der Waals surface area contributed by atoms with Gasteiger partial charge in [-0.3, -0.25) is 0 Å². The Balaban J connectivity index is 1.83. The molecule has 1 aliphatic rings. The van der Waals surface area contributed by atoms with E-state index in [1.165, 1.54) is 6.07 Å². The van der Waals surface area contributed by atoms with Crippen LogP contribution in [0.5, 0.6) is 0 Å². The van der Waals surface area contributed by atoms with E-state index in [1.54, 1.807) is 12.1 Å². The average Bonchev–Trinajstić information content (AvgIpc) is 2.74. The molecule has 104 valence electrons. The number of ether oxygens (including phenoxy) is 1. The van der Waals surface area contributed by atoms with Crippen molar-refractivity contribution in [1.82, 2.24) is 10.6 Å². The highest BCUT2D eigenvalue weighted by molar-refractivity contribution is 9.10. The smallest absolute Gasteiger partial charge is 0.315 e. The molecule has 1 aliphatic heterocycles. The highest BCUT2D eigenvalue weighted by Crippen LogP contribution is 2.15. The summed E-state index contributed by atoms with van der Waals surface area (Å²) in [6, 6.07) is 4.48. The third-order valence-corrected chi connectivity index (χ3v) is 3.64. The van der Waals surface area contributed by atoms with Crippen molar-refractivity contribution in [2.75, 3.05) is 6.61 Å². The van der Waals surface area contributed by atoms with Crippen LogP contribution in [0, 0.1) is 5.82 Å². The van der Waals surface area contributed by atoms with Crippen molar-refractivity contribution in [3.05, 3.63) is 34.1 Å². The van der Waals surface area contributed by atoms with Crippen LogP contribution in [0.4, 0.5) is 9.18 Å². The lowest BCUT2D eigenvalue weighted by Crippen LogP contribution is -2.44. The molecule has 19 heavy (non-hydrogen) atoms. The number of amides is 2. The molecule has 1 aromatic rings. The Labute approximate surface area is 119 Å². The summed E-state index contributed by atoms with van der Waals surface area (Å²) in [5.74, 6) is -0.341. The number of nitrogens with one attached hydrogen (secondary N) is 2. The lowest BCUT2D eigenvalue weighted by atomic mass is 10.2. The van der Waals surface area contributed by atoms with E-state index in [1.807, 2.05) is 6.92 Å². The van der Waals surface area contributed by atoms with E-state index in [0.29, 0.717) is 16.6 Å². The zero-order valence-electron chi connectivity index (χ0n) is 10.6. The maximum Gasteiger partial charge on any atom is 0.315 e. The number of urea groups is 1. The topological polar surface area (TPSA) is 50.4 Å². The van der Waals surface area contributed by atoms with Gasteiger partial charge in [0.1, 0.15) is 5.82 Å². The Bertz CT molecular complexity index is 470. The zero-order chi connectivity index (χ0) is 13.8. The van der Waals surface area contributed by atoms with Crippen LogP contribution in [-0.4, -0.2) is 24.8 Å². The molecule has 0 aromatic heterocycles. The molecule has 4 nitrogen and oxygen atoms in total. The minimum atomic E-state index is -0.341. The van der Waals surface area contributed by atoms with Gasteiger partial charge in [0.05, 0.1) is 12.1 Å². The fourth-order valence-electron chi connectivity index (χ4n) is 1.98. The molecule has 2 amide bonds. The predicted molar refractivity (Wildman–Crippen MR) is 73.3 cm³/mol. The molecular formula is C13H16BrFN2O2. The average molecular weight is 331 g/mol. The zero-order valence-corrected chi connectivity index (χ0v) is 12.2. The van der Waals surface area contributed by atoms with E-state index in [2.05, 4.69) is 26.6 Å². The molecule has 1 aromatic carbocycles. The first kappa shape index (κ1) is 14.3. The SMILES string of the molecule is C[C@H]1OCC[C@@H]1NC(=O)NCc1ccc(Br)cc1F. The van der Waals surface area contributed by atoms with Gasteiger partial charge >= 0.3 is 6.03 Å². The van der Waals surface area contributed by atoms with E-state index in [0.717, 1.165) is 6.42 Å². The molecule has 0 unspecified atom stereocenters. The first-order valence-electron chi connectivity index (χ1n) is 6.16. The van der Waals surface area contributed by atoms with Crippen LogP contribution in [0.3, 0.4) is 0 Å². The number of rotatable bonds is 3. The molecule has 0 saturated carbocycles. The van der Waals surface area contributed by atoms with E-state index >= 15 is 0 Å². The van der Waals surface area contributed by atoms with Crippen LogP contribution >= 0.6 is 15.9 Å². The van der Waals surface area contributed by atoms with Crippen LogP contribution < -0.4 is 10.6 Å². The fraction of sp³-hybridized carbons (Fsp3) is 0.462. The Morgan fingerprint density at radius 3 is 3.00 bits per heavy atom. The highest BCUT2D eigenvalue weighted by atomic mass is 79.9. The first-order chi connectivity index (χ1) is 9.06. The molecule has 0 spiro atoms. The quantitative estimate of drug-likeness (QED) is 0.894. The van der Waals surface area contributed by atoms with E-state index in [4.69, 9.17) is 4.74 Å². The van der Waals surface area contributed by atoms with Gasteiger partial charge in [-0.05, 0) is 25.5 Å². The van der Waals surface area contributed by atoms with Gasteiger partial charge in [0.25, 0.3) is 0 Å². The van der Waals surface area contributed by atoms with Gasteiger partial charge in [-0.15, -0.1) is 0 Å². The molecule has 0 bridgehead atoms. The number of carbonyl (C=O) groups is 1. The molecule has 1 fully saturated rings. The van der Waals surface area contributed by atoms with E-state index < -0.39 is 0 Å². The summed E-state index contributed by atoms with van der Waals surface area (Å²) in [7, 11) is 0. The second kappa shape index (κ2) is 6.34. The van der Waals surface area contributed by atoms with Gasteiger partial charge in [0.15, 0.2) is 0 Å². The maximum atomic E-state index is 13.5. The van der Waals surface area contributed by atoms with Crippen molar-refractivity contribution in [2.45, 2.75) is 32.0 Å². The lowest BCUT2D eigenvalue weighted by molar-refractivity contribution is 0.114. The van der Waals surface area contributed by atoms with Crippen LogP contribution in [-0.2, 0) is 11.3 Å². The third kappa shape index (κ3) is 3.91. The number of carbonyl (C=O) groups excluding carboxylic acids is 1. The van der Waals surface area contributed by atoms with Gasteiger partial charge in [0.2, 0.25) is 0 Å². The largest absolute Gasteiger partial charge is 0.376 e. The summed E-state index contributed by atoms with van der Waals surface area (Å²) >= 11 is 3.19. The number of hydrogen-bond acceptors (Lipinski definition) is 2. The van der Waals surface area contributed by atoms with Gasteiger partial charge in [-0.2, -0.15) is 0 Å². The maximum absolute atomic E-state index is 13.5. The molecule has 1 saturated heterocycles. The summed E-state index contributed by atoms with van der Waals surface area (Å²) < 4.78 is 19.6. The van der Waals surface area contributed by atoms with Gasteiger partial charge in [0, 0.05) is 23.2 Å². The minimum absolute atomic E-state index is 0.0229. The van der Waals surface area contributed by atoms with Gasteiger partial charge in [-0.1, -0.05) is 22.0 Å². The number of benzene rings is 1. The monoisotopic (exact) mass is 330 g/mol. The summed E-state index contributed by atoms with van der Waals surface area (Å²) in [6.07, 6.45) is 0.830. The summed E-state index contributed by atoms with van der Waals surface area (Å²) in [5, 5.41) is 5.47. The summed E-state index contributed by atoms with van der Waals surface area (Å²) in [4.78, 5) is 11.7. The van der Waals surface area contributed by atoms with Crippen molar-refractivity contribution in [3.63, 3.8) is 0 Å². The molecule has 2 atom stereocenters. The van der Waals surface area contributed by atoms with Gasteiger partial charge < -0.3 is 15.4 Å². The van der Waals surface area contributed by atoms with Crippen LogP contribution in [0.2, 0.25) is 0 Å². The fourth-order valence-corrected chi connectivity index (χ4v) is 2.31. The molecule has 1 heterocycles. The second-order valence-electron chi connectivity index (χ2n) is 4.53. The Hall–Kier alpha value is -1.14. The van der Waals surface area contributed by atoms with E-state index in [-0.39, 0.29) is 30.5 Å². The summed E-state index contributed by atoms with van der Waals surface area (Å²) in [6.45, 7) is 2.74. The minimum Gasteiger partial charge on any atom is -0.376 e. The number of halogens is 2. The van der Waals surface area contributed by atoms with E-state index in [9.17, 15) is 9.18 Å². The normalized spacial score (nSPS) is 22.3. The summed E-state index contributed by atoms with van der Waals surface area (Å²) in [5.41, 5.74) is 0.453. The molecule has 0 radical (unpaired) electrons. The van der Waals surface area contributed by atoms with Crippen molar-refractivity contribution in [2.24, 2.45) is 0 Å². The molecule has 2 N–H and O–H groups in total. The van der Waals surface area contributed by atoms with Crippen molar-refractivity contribution in [3.8, 4) is 0 Å². The van der Waals surface area contributed by atoms with Gasteiger partial charge in [-0.25, -0.2) is 9.18 Å². The standard InChI is InChI=1S/C13H16BrFN2O2/c1-8-12(4-5-19-8)17-13(18)16-7-9-2-3-10(14)6-11(9)15/h2-3,6,8,12H,4-5,7H2,1H3,(H2,16,17,18)/t8-,12+/m1/s1. The van der Waals surface area contributed by atoms with Crippen LogP contribution in [0.15, 0.2) is 22.7 Å². The predicted octanol–water partition coefficient (Wildman–Crippen LogP) is 2.56. The Kier molecular flexibility index (Phi) is 4.76.